The summed E-state index contributed by atoms with van der Waals surface area (Å²) < 4.78 is 5.72. The largest absolute Gasteiger partial charge is 0.467 e. The molecule has 4 rings (SSSR count). The maximum absolute atomic E-state index is 12.6. The van der Waals surface area contributed by atoms with E-state index in [1.807, 2.05) is 42.2 Å². The van der Waals surface area contributed by atoms with Crippen LogP contribution >= 0.6 is 11.6 Å². The molecule has 0 aliphatic carbocycles. The molecule has 3 aromatic rings. The fourth-order valence-corrected chi connectivity index (χ4v) is 3.55. The quantitative estimate of drug-likeness (QED) is 0.625. The van der Waals surface area contributed by atoms with E-state index in [0.717, 1.165) is 24.3 Å². The molecular formula is C23H23ClN4O2. The van der Waals surface area contributed by atoms with Gasteiger partial charge in [0.2, 0.25) is 5.88 Å². The molecule has 1 aliphatic rings. The Bertz CT molecular complexity index is 1000. The number of rotatable bonds is 5. The summed E-state index contributed by atoms with van der Waals surface area (Å²) in [7, 11) is 0. The predicted octanol–water partition coefficient (Wildman–Crippen LogP) is 3.83. The van der Waals surface area contributed by atoms with Crippen molar-refractivity contribution in [3.8, 4) is 17.3 Å². The monoisotopic (exact) mass is 422 g/mol. The third kappa shape index (κ3) is 4.89. The van der Waals surface area contributed by atoms with Crippen molar-refractivity contribution in [1.29, 1.82) is 0 Å². The van der Waals surface area contributed by atoms with E-state index in [-0.39, 0.29) is 12.5 Å². The number of hydrogen-bond donors (Lipinski definition) is 0. The van der Waals surface area contributed by atoms with Gasteiger partial charge in [0.1, 0.15) is 0 Å². The summed E-state index contributed by atoms with van der Waals surface area (Å²) in [4.78, 5) is 25.6. The Kier molecular flexibility index (Phi) is 6.14. The SMILES string of the molecule is Cc1cc(OCC(=O)N2CCN(c3ccccc3)CC2)nc(-c2ccc(Cl)cc2)n1. The van der Waals surface area contributed by atoms with Gasteiger partial charge in [-0.25, -0.2) is 4.98 Å². The Morgan fingerprint density at radius 2 is 1.70 bits per heavy atom. The molecule has 1 aromatic heterocycles. The molecular weight excluding hydrogens is 400 g/mol. The van der Waals surface area contributed by atoms with Crippen LogP contribution in [0.15, 0.2) is 60.7 Å². The van der Waals surface area contributed by atoms with E-state index in [1.54, 1.807) is 18.2 Å². The van der Waals surface area contributed by atoms with Crippen LogP contribution in [0.3, 0.4) is 0 Å². The molecule has 0 atom stereocenters. The van der Waals surface area contributed by atoms with Crippen LogP contribution in [0.2, 0.25) is 5.02 Å². The zero-order chi connectivity index (χ0) is 20.9. The lowest BCUT2D eigenvalue weighted by Gasteiger charge is -2.36. The molecule has 7 heteroatoms. The van der Waals surface area contributed by atoms with Crippen LogP contribution < -0.4 is 9.64 Å². The van der Waals surface area contributed by atoms with Crippen molar-refractivity contribution in [3.05, 3.63) is 71.4 Å². The summed E-state index contributed by atoms with van der Waals surface area (Å²) in [6.07, 6.45) is 0. The standard InChI is InChI=1S/C23H23ClN4O2/c1-17-15-21(26-23(25-17)18-7-9-19(24)10-8-18)30-16-22(29)28-13-11-27(12-14-28)20-5-3-2-4-6-20/h2-10,15H,11-14,16H2,1H3. The van der Waals surface area contributed by atoms with Crippen molar-refractivity contribution in [3.63, 3.8) is 0 Å². The first kappa shape index (κ1) is 20.2. The molecule has 154 valence electrons. The zero-order valence-electron chi connectivity index (χ0n) is 16.8. The minimum atomic E-state index is -0.0398. The Labute approximate surface area is 181 Å². The highest BCUT2D eigenvalue weighted by molar-refractivity contribution is 6.30. The van der Waals surface area contributed by atoms with E-state index in [0.29, 0.717) is 29.8 Å². The number of para-hydroxylation sites is 1. The average molecular weight is 423 g/mol. The van der Waals surface area contributed by atoms with E-state index in [4.69, 9.17) is 16.3 Å². The number of amides is 1. The zero-order valence-corrected chi connectivity index (χ0v) is 17.5. The molecule has 30 heavy (non-hydrogen) atoms. The normalized spacial score (nSPS) is 13.9. The van der Waals surface area contributed by atoms with Gasteiger partial charge in [0.25, 0.3) is 5.91 Å². The van der Waals surface area contributed by atoms with E-state index < -0.39 is 0 Å². The van der Waals surface area contributed by atoms with Gasteiger partial charge in [-0.05, 0) is 43.3 Å². The van der Waals surface area contributed by atoms with E-state index in [2.05, 4.69) is 27.0 Å². The summed E-state index contributed by atoms with van der Waals surface area (Å²) >= 11 is 5.95. The fraction of sp³-hybridized carbons (Fsp3) is 0.261. The summed E-state index contributed by atoms with van der Waals surface area (Å²) in [5.74, 6) is 0.904. The number of benzene rings is 2. The fourth-order valence-electron chi connectivity index (χ4n) is 3.42. The van der Waals surface area contributed by atoms with Crippen LogP contribution in [-0.2, 0) is 4.79 Å². The van der Waals surface area contributed by atoms with Crippen molar-refractivity contribution >= 4 is 23.2 Å². The molecule has 1 amide bonds. The first-order valence-corrected chi connectivity index (χ1v) is 10.3. The summed E-state index contributed by atoms with van der Waals surface area (Å²) in [5.41, 5.74) is 2.80. The molecule has 1 fully saturated rings. The Balaban J connectivity index is 1.34. The van der Waals surface area contributed by atoms with Crippen LogP contribution in [0.4, 0.5) is 5.69 Å². The second-order valence-electron chi connectivity index (χ2n) is 7.17. The molecule has 0 saturated carbocycles. The lowest BCUT2D eigenvalue weighted by Crippen LogP contribution is -2.50. The summed E-state index contributed by atoms with van der Waals surface area (Å²) in [6.45, 7) is 4.80. The smallest absolute Gasteiger partial charge is 0.260 e. The van der Waals surface area contributed by atoms with Crippen molar-refractivity contribution < 1.29 is 9.53 Å². The first-order valence-electron chi connectivity index (χ1n) is 9.91. The van der Waals surface area contributed by atoms with Crippen LogP contribution in [-0.4, -0.2) is 53.6 Å². The Morgan fingerprint density at radius 1 is 1.00 bits per heavy atom. The van der Waals surface area contributed by atoms with Crippen LogP contribution in [0, 0.1) is 6.92 Å². The number of aromatic nitrogens is 2. The Morgan fingerprint density at radius 3 is 2.40 bits per heavy atom. The topological polar surface area (TPSA) is 58.6 Å². The van der Waals surface area contributed by atoms with Crippen molar-refractivity contribution in [2.45, 2.75) is 6.92 Å². The summed E-state index contributed by atoms with van der Waals surface area (Å²) in [6, 6.07) is 19.3. The van der Waals surface area contributed by atoms with Crippen LogP contribution in [0.25, 0.3) is 11.4 Å². The third-order valence-electron chi connectivity index (χ3n) is 5.03. The summed E-state index contributed by atoms with van der Waals surface area (Å²) in [5, 5.41) is 0.654. The number of aryl methyl sites for hydroxylation is 1. The highest BCUT2D eigenvalue weighted by Crippen LogP contribution is 2.21. The number of carbonyl (C=O) groups is 1. The van der Waals surface area contributed by atoms with Gasteiger partial charge in [-0.15, -0.1) is 0 Å². The van der Waals surface area contributed by atoms with Gasteiger partial charge in [0, 0.05) is 54.2 Å². The van der Waals surface area contributed by atoms with Crippen molar-refractivity contribution in [2.24, 2.45) is 0 Å². The number of anilines is 1. The first-order chi connectivity index (χ1) is 14.6. The molecule has 0 bridgehead atoms. The lowest BCUT2D eigenvalue weighted by molar-refractivity contribution is -0.133. The predicted molar refractivity (Wildman–Crippen MR) is 118 cm³/mol. The molecule has 1 aliphatic heterocycles. The van der Waals surface area contributed by atoms with Crippen LogP contribution in [0.1, 0.15) is 5.69 Å². The number of ether oxygens (including phenoxy) is 1. The maximum atomic E-state index is 12.6. The minimum absolute atomic E-state index is 0.0352. The average Bonchev–Trinajstić information content (AvgIpc) is 2.78. The maximum Gasteiger partial charge on any atom is 0.260 e. The molecule has 0 radical (unpaired) electrons. The van der Waals surface area contributed by atoms with Crippen molar-refractivity contribution in [2.75, 3.05) is 37.7 Å². The van der Waals surface area contributed by atoms with E-state index in [9.17, 15) is 4.79 Å². The highest BCUT2D eigenvalue weighted by Gasteiger charge is 2.21. The number of piperazine rings is 1. The number of halogens is 1. The van der Waals surface area contributed by atoms with Gasteiger partial charge in [-0.1, -0.05) is 29.8 Å². The van der Waals surface area contributed by atoms with Gasteiger partial charge < -0.3 is 14.5 Å². The molecule has 2 heterocycles. The Hall–Kier alpha value is -3.12. The number of nitrogens with zero attached hydrogens (tertiary/aromatic N) is 4. The van der Waals surface area contributed by atoms with Gasteiger partial charge in [0.05, 0.1) is 0 Å². The molecule has 6 nitrogen and oxygen atoms in total. The van der Waals surface area contributed by atoms with Gasteiger partial charge in [0.15, 0.2) is 12.4 Å². The number of hydrogen-bond acceptors (Lipinski definition) is 5. The second kappa shape index (κ2) is 9.13. The minimum Gasteiger partial charge on any atom is -0.467 e. The van der Waals surface area contributed by atoms with E-state index in [1.165, 1.54) is 5.69 Å². The highest BCUT2D eigenvalue weighted by atomic mass is 35.5. The van der Waals surface area contributed by atoms with Gasteiger partial charge in [-0.3, -0.25) is 4.79 Å². The van der Waals surface area contributed by atoms with Gasteiger partial charge >= 0.3 is 0 Å². The van der Waals surface area contributed by atoms with Gasteiger partial charge in [-0.2, -0.15) is 4.98 Å². The molecule has 2 aromatic carbocycles. The lowest BCUT2D eigenvalue weighted by atomic mass is 10.2. The molecule has 1 saturated heterocycles. The molecule has 0 N–H and O–H groups in total. The number of carbonyl (C=O) groups excluding carboxylic acids is 1. The van der Waals surface area contributed by atoms with E-state index >= 15 is 0 Å². The molecule has 0 unspecified atom stereocenters. The van der Waals surface area contributed by atoms with Crippen LogP contribution in [0.5, 0.6) is 5.88 Å². The molecule has 0 spiro atoms. The second-order valence-corrected chi connectivity index (χ2v) is 7.61. The third-order valence-corrected chi connectivity index (χ3v) is 5.28. The van der Waals surface area contributed by atoms with Crippen molar-refractivity contribution in [1.82, 2.24) is 14.9 Å².